The third-order valence-corrected chi connectivity index (χ3v) is 3.31. The van der Waals surface area contributed by atoms with Crippen molar-refractivity contribution in [1.82, 2.24) is 4.98 Å². The molecule has 18 heavy (non-hydrogen) atoms. The molecule has 1 heterocycles. The van der Waals surface area contributed by atoms with E-state index in [1.165, 1.54) is 5.56 Å². The summed E-state index contributed by atoms with van der Waals surface area (Å²) in [6.45, 7) is 6.83. The summed E-state index contributed by atoms with van der Waals surface area (Å²) >= 11 is 1.61. The zero-order valence-electron chi connectivity index (χ0n) is 10.9. The Kier molecular flexibility index (Phi) is 4.20. The Morgan fingerprint density at radius 1 is 1.44 bits per heavy atom. The van der Waals surface area contributed by atoms with E-state index in [0.29, 0.717) is 6.61 Å². The molecule has 3 nitrogen and oxygen atoms in total. The van der Waals surface area contributed by atoms with Gasteiger partial charge in [-0.25, -0.2) is 4.98 Å². The predicted molar refractivity (Wildman–Crippen MR) is 76.5 cm³/mol. The summed E-state index contributed by atoms with van der Waals surface area (Å²) in [6.07, 6.45) is 0. The van der Waals surface area contributed by atoms with Crippen LogP contribution in [0, 0.1) is 6.92 Å². The first-order chi connectivity index (χ1) is 8.70. The third-order valence-electron chi connectivity index (χ3n) is 2.70. The highest BCUT2D eigenvalue weighted by Gasteiger charge is 2.10. The van der Waals surface area contributed by atoms with Crippen LogP contribution >= 0.6 is 11.3 Å². The molecule has 0 radical (unpaired) electrons. The first kappa shape index (κ1) is 12.9. The Hall–Kier alpha value is -1.55. The number of aromatic nitrogens is 1. The molecule has 0 aliphatic carbocycles. The van der Waals surface area contributed by atoms with Gasteiger partial charge < -0.3 is 10.1 Å². The monoisotopic (exact) mass is 262 g/mol. The molecule has 0 aliphatic rings. The second kappa shape index (κ2) is 5.87. The summed E-state index contributed by atoms with van der Waals surface area (Å²) in [5, 5.41) is 5.51. The quantitative estimate of drug-likeness (QED) is 0.883. The molecule has 96 valence electrons. The van der Waals surface area contributed by atoms with Crippen LogP contribution in [0.1, 0.15) is 31.1 Å². The summed E-state index contributed by atoms with van der Waals surface area (Å²) in [7, 11) is 0. The van der Waals surface area contributed by atoms with E-state index in [9.17, 15) is 0 Å². The molecule has 0 spiro atoms. The lowest BCUT2D eigenvalue weighted by Gasteiger charge is -2.17. The summed E-state index contributed by atoms with van der Waals surface area (Å²) < 4.78 is 5.66. The standard InChI is InChI=1S/C14H18N2OS/c1-4-17-14-7-10(2)5-6-12(14)16-11(3)13-8-18-9-15-13/h5-9,11,16H,4H2,1-3H3. The minimum absolute atomic E-state index is 0.179. The zero-order chi connectivity index (χ0) is 13.0. The smallest absolute Gasteiger partial charge is 0.142 e. The van der Waals surface area contributed by atoms with Crippen LogP contribution < -0.4 is 10.1 Å². The average molecular weight is 262 g/mol. The Labute approximate surface area is 112 Å². The molecule has 1 N–H and O–H groups in total. The van der Waals surface area contributed by atoms with Crippen molar-refractivity contribution >= 4 is 17.0 Å². The van der Waals surface area contributed by atoms with E-state index in [0.717, 1.165) is 17.1 Å². The fourth-order valence-electron chi connectivity index (χ4n) is 1.77. The second-order valence-corrected chi connectivity index (χ2v) is 4.93. The van der Waals surface area contributed by atoms with Crippen LogP contribution in [-0.4, -0.2) is 11.6 Å². The van der Waals surface area contributed by atoms with Crippen molar-refractivity contribution in [3.8, 4) is 5.75 Å². The molecule has 1 unspecified atom stereocenters. The Bertz CT molecular complexity index is 497. The first-order valence-corrected chi connectivity index (χ1v) is 7.03. The third kappa shape index (κ3) is 3.01. The van der Waals surface area contributed by atoms with Crippen molar-refractivity contribution in [2.24, 2.45) is 0 Å². The van der Waals surface area contributed by atoms with Gasteiger partial charge in [0.2, 0.25) is 0 Å². The number of ether oxygens (including phenoxy) is 1. The molecule has 2 aromatic rings. The minimum atomic E-state index is 0.179. The molecule has 4 heteroatoms. The van der Waals surface area contributed by atoms with Crippen LogP contribution in [0.25, 0.3) is 0 Å². The minimum Gasteiger partial charge on any atom is -0.492 e. The summed E-state index contributed by atoms with van der Waals surface area (Å²) in [5.74, 6) is 0.902. The molecule has 1 atom stereocenters. The van der Waals surface area contributed by atoms with Crippen molar-refractivity contribution in [1.29, 1.82) is 0 Å². The summed E-state index contributed by atoms with van der Waals surface area (Å²) in [5.41, 5.74) is 5.13. The van der Waals surface area contributed by atoms with E-state index in [4.69, 9.17) is 4.74 Å². The molecule has 1 aromatic heterocycles. The Balaban J connectivity index is 2.17. The molecule has 0 bridgehead atoms. The molecule has 0 saturated heterocycles. The number of thiazole rings is 1. The lowest BCUT2D eigenvalue weighted by atomic mass is 10.2. The van der Waals surface area contributed by atoms with Gasteiger partial charge in [0.15, 0.2) is 0 Å². The van der Waals surface area contributed by atoms with Crippen molar-refractivity contribution in [3.05, 3.63) is 40.3 Å². The van der Waals surface area contributed by atoms with Crippen molar-refractivity contribution in [2.45, 2.75) is 26.8 Å². The van der Waals surface area contributed by atoms with Gasteiger partial charge in [-0.05, 0) is 38.5 Å². The van der Waals surface area contributed by atoms with Gasteiger partial charge in [-0.2, -0.15) is 0 Å². The lowest BCUT2D eigenvalue weighted by Crippen LogP contribution is -2.08. The second-order valence-electron chi connectivity index (χ2n) is 4.21. The Morgan fingerprint density at radius 3 is 2.94 bits per heavy atom. The number of aryl methyl sites for hydroxylation is 1. The number of hydrogen-bond donors (Lipinski definition) is 1. The fraction of sp³-hybridized carbons (Fsp3) is 0.357. The van der Waals surface area contributed by atoms with Crippen LogP contribution in [-0.2, 0) is 0 Å². The highest BCUT2D eigenvalue weighted by atomic mass is 32.1. The van der Waals surface area contributed by atoms with Crippen LogP contribution in [0.5, 0.6) is 5.75 Å². The molecule has 0 saturated carbocycles. The normalized spacial score (nSPS) is 12.2. The maximum absolute atomic E-state index is 5.66. The lowest BCUT2D eigenvalue weighted by molar-refractivity contribution is 0.341. The van der Waals surface area contributed by atoms with Gasteiger partial charge >= 0.3 is 0 Å². The number of hydrogen-bond acceptors (Lipinski definition) is 4. The van der Waals surface area contributed by atoms with Gasteiger partial charge in [0.05, 0.1) is 29.5 Å². The van der Waals surface area contributed by atoms with E-state index in [2.05, 4.69) is 47.7 Å². The van der Waals surface area contributed by atoms with Gasteiger partial charge in [-0.1, -0.05) is 6.07 Å². The maximum atomic E-state index is 5.66. The van der Waals surface area contributed by atoms with Crippen molar-refractivity contribution in [2.75, 3.05) is 11.9 Å². The summed E-state index contributed by atoms with van der Waals surface area (Å²) in [4.78, 5) is 4.32. The SMILES string of the molecule is CCOc1cc(C)ccc1NC(C)c1cscn1. The van der Waals surface area contributed by atoms with Gasteiger partial charge in [0.1, 0.15) is 5.75 Å². The highest BCUT2D eigenvalue weighted by molar-refractivity contribution is 7.07. The largest absolute Gasteiger partial charge is 0.492 e. The van der Waals surface area contributed by atoms with Crippen molar-refractivity contribution < 1.29 is 4.74 Å². The molecule has 0 aliphatic heterocycles. The number of rotatable bonds is 5. The average Bonchev–Trinajstić information content (AvgIpc) is 2.86. The number of nitrogens with one attached hydrogen (secondary N) is 1. The topological polar surface area (TPSA) is 34.1 Å². The molecular formula is C14H18N2OS. The van der Waals surface area contributed by atoms with E-state index in [1.54, 1.807) is 11.3 Å². The van der Waals surface area contributed by atoms with E-state index in [-0.39, 0.29) is 6.04 Å². The first-order valence-electron chi connectivity index (χ1n) is 6.08. The maximum Gasteiger partial charge on any atom is 0.142 e. The van der Waals surface area contributed by atoms with Crippen LogP contribution in [0.3, 0.4) is 0 Å². The van der Waals surface area contributed by atoms with Crippen LogP contribution in [0.4, 0.5) is 5.69 Å². The molecule has 0 fully saturated rings. The number of anilines is 1. The Morgan fingerprint density at radius 2 is 2.28 bits per heavy atom. The van der Waals surface area contributed by atoms with Crippen molar-refractivity contribution in [3.63, 3.8) is 0 Å². The highest BCUT2D eigenvalue weighted by Crippen LogP contribution is 2.29. The van der Waals surface area contributed by atoms with Gasteiger partial charge in [-0.3, -0.25) is 0 Å². The van der Waals surface area contributed by atoms with Gasteiger partial charge in [0.25, 0.3) is 0 Å². The number of nitrogens with zero attached hydrogens (tertiary/aromatic N) is 1. The molecular weight excluding hydrogens is 244 g/mol. The van der Waals surface area contributed by atoms with Gasteiger partial charge in [-0.15, -0.1) is 11.3 Å². The van der Waals surface area contributed by atoms with E-state index in [1.807, 2.05) is 12.4 Å². The van der Waals surface area contributed by atoms with E-state index >= 15 is 0 Å². The predicted octanol–water partition coefficient (Wildman–Crippen LogP) is 4.02. The van der Waals surface area contributed by atoms with E-state index < -0.39 is 0 Å². The summed E-state index contributed by atoms with van der Waals surface area (Å²) in [6, 6.07) is 6.37. The zero-order valence-corrected chi connectivity index (χ0v) is 11.8. The molecule has 2 rings (SSSR count). The van der Waals surface area contributed by atoms with Crippen LogP contribution in [0.2, 0.25) is 0 Å². The van der Waals surface area contributed by atoms with Crippen LogP contribution in [0.15, 0.2) is 29.1 Å². The fourth-order valence-corrected chi connectivity index (χ4v) is 2.41. The number of benzene rings is 1. The molecule has 1 aromatic carbocycles. The van der Waals surface area contributed by atoms with Gasteiger partial charge in [0, 0.05) is 5.38 Å². The molecule has 0 amide bonds.